The number of piperazine rings is 1. The van der Waals surface area contributed by atoms with Crippen molar-refractivity contribution in [1.82, 2.24) is 25.0 Å². The minimum atomic E-state index is -1.01. The molecule has 64 heavy (non-hydrogen) atoms. The second-order valence-corrected chi connectivity index (χ2v) is 18.1. The molecule has 2 atom stereocenters. The Morgan fingerprint density at radius 2 is 1.61 bits per heavy atom. The number of halogens is 2. The average Bonchev–Trinajstić information content (AvgIpc) is 3.55. The van der Waals surface area contributed by atoms with Gasteiger partial charge in [0.2, 0.25) is 23.6 Å². The van der Waals surface area contributed by atoms with Crippen LogP contribution in [-0.2, 0) is 19.2 Å². The highest BCUT2D eigenvalue weighted by molar-refractivity contribution is 6.32. The molecule has 5 heterocycles. The van der Waals surface area contributed by atoms with Crippen molar-refractivity contribution in [3.8, 4) is 5.75 Å². The summed E-state index contributed by atoms with van der Waals surface area (Å²) >= 11 is 6.57. The molecule has 0 radical (unpaired) electrons. The molecule has 4 fully saturated rings. The van der Waals surface area contributed by atoms with Crippen LogP contribution >= 0.6 is 11.6 Å². The smallest absolute Gasteiger partial charge is 0.262 e. The number of ether oxygens (including phenoxy) is 1. The van der Waals surface area contributed by atoms with Gasteiger partial charge in [0.05, 0.1) is 28.2 Å². The van der Waals surface area contributed by atoms with Gasteiger partial charge >= 0.3 is 0 Å². The lowest BCUT2D eigenvalue weighted by Crippen LogP contribution is -2.54. The number of nitrogens with zero attached hydrogens (tertiary/aromatic N) is 5. The minimum Gasteiger partial charge on any atom is -0.489 e. The van der Waals surface area contributed by atoms with Crippen molar-refractivity contribution in [2.75, 3.05) is 56.0 Å². The number of aromatic nitrogens is 1. The third kappa shape index (κ3) is 8.92. The van der Waals surface area contributed by atoms with Crippen LogP contribution in [0.2, 0.25) is 5.02 Å². The van der Waals surface area contributed by atoms with E-state index in [1.807, 2.05) is 17.9 Å². The first-order valence-corrected chi connectivity index (χ1v) is 22.7. The molecule has 3 aromatic carbocycles. The summed E-state index contributed by atoms with van der Waals surface area (Å²) in [4.78, 5) is 88.9. The number of hydrogen-bond acceptors (Lipinski definition) is 10. The van der Waals surface area contributed by atoms with Crippen molar-refractivity contribution in [2.45, 2.75) is 76.4 Å². The van der Waals surface area contributed by atoms with E-state index in [4.69, 9.17) is 16.3 Å². The standard InChI is InChI=1S/C48H51ClFN7O7/c1-28(29-2-4-30(5-3-29)35-14-17-51-40-11-6-31(50)24-37(35)40)45(60)52-32-7-10-39(49)42(25-32)64-34-15-18-56(19-16-34)44(59)27-54-20-22-55(23-21-54)33-8-9-36-38(26-33)48(63)57(47(36)62)41-12-13-43(58)53-46(41)61/h6-11,14,17,24-26,28-30,34,41H,2-5,12-13,15-16,18-23,27H2,1H3,(H,52,60)(H,53,58,61)/t28-,29?,30?,41?/m1/s1. The Morgan fingerprint density at radius 1 is 0.859 bits per heavy atom. The highest BCUT2D eigenvalue weighted by atomic mass is 35.5. The number of imide groups is 2. The summed E-state index contributed by atoms with van der Waals surface area (Å²) in [5.74, 6) is -1.60. The van der Waals surface area contributed by atoms with Crippen LogP contribution in [0.3, 0.4) is 0 Å². The van der Waals surface area contributed by atoms with Gasteiger partial charge in [-0.3, -0.25) is 48.9 Å². The second kappa shape index (κ2) is 18.3. The summed E-state index contributed by atoms with van der Waals surface area (Å²) in [7, 11) is 0. The molecule has 1 saturated carbocycles. The lowest BCUT2D eigenvalue weighted by atomic mass is 9.73. The first kappa shape index (κ1) is 43.3. The molecule has 0 bridgehead atoms. The van der Waals surface area contributed by atoms with E-state index < -0.39 is 29.7 Å². The monoisotopic (exact) mass is 891 g/mol. The van der Waals surface area contributed by atoms with E-state index in [2.05, 4.69) is 25.4 Å². The lowest BCUT2D eigenvalue weighted by Gasteiger charge is -2.38. The molecule has 9 rings (SSSR count). The number of rotatable bonds is 10. The van der Waals surface area contributed by atoms with Crippen LogP contribution in [-0.4, -0.2) is 113 Å². The van der Waals surface area contributed by atoms with E-state index in [9.17, 15) is 33.2 Å². The zero-order valence-corrected chi connectivity index (χ0v) is 36.4. The average molecular weight is 892 g/mol. The normalized spacial score (nSPS) is 22.7. The largest absolute Gasteiger partial charge is 0.489 e. The zero-order chi connectivity index (χ0) is 44.6. The zero-order valence-electron chi connectivity index (χ0n) is 35.7. The van der Waals surface area contributed by atoms with Crippen molar-refractivity contribution in [2.24, 2.45) is 11.8 Å². The maximum atomic E-state index is 14.1. The van der Waals surface area contributed by atoms with Crippen molar-refractivity contribution < 1.29 is 37.9 Å². The lowest BCUT2D eigenvalue weighted by molar-refractivity contribution is -0.136. The number of carbonyl (C=O) groups is 6. The van der Waals surface area contributed by atoms with E-state index in [1.54, 1.807) is 54.7 Å². The summed E-state index contributed by atoms with van der Waals surface area (Å²) in [6, 6.07) is 16.1. The van der Waals surface area contributed by atoms with Crippen LogP contribution < -0.4 is 20.3 Å². The van der Waals surface area contributed by atoms with Crippen molar-refractivity contribution in [3.63, 3.8) is 0 Å². The summed E-state index contributed by atoms with van der Waals surface area (Å²) in [5.41, 5.74) is 3.79. The molecule has 334 valence electrons. The van der Waals surface area contributed by atoms with E-state index in [-0.39, 0.29) is 66.1 Å². The molecule has 3 saturated heterocycles. The van der Waals surface area contributed by atoms with Crippen LogP contribution in [0.25, 0.3) is 10.9 Å². The van der Waals surface area contributed by atoms with E-state index in [1.165, 1.54) is 6.07 Å². The number of fused-ring (bicyclic) bond motifs is 2. The Labute approximate surface area is 375 Å². The maximum absolute atomic E-state index is 14.1. The number of benzene rings is 3. The molecule has 1 aliphatic carbocycles. The van der Waals surface area contributed by atoms with Gasteiger partial charge in [0.25, 0.3) is 11.8 Å². The quantitative estimate of drug-likeness (QED) is 0.176. The van der Waals surface area contributed by atoms with Gasteiger partial charge < -0.3 is 19.9 Å². The van der Waals surface area contributed by atoms with Crippen LogP contribution in [0.5, 0.6) is 5.75 Å². The fourth-order valence-corrected chi connectivity index (χ4v) is 10.2. The predicted molar refractivity (Wildman–Crippen MR) is 238 cm³/mol. The molecule has 5 aliphatic rings. The van der Waals surface area contributed by atoms with Gasteiger partial charge in [-0.15, -0.1) is 0 Å². The van der Waals surface area contributed by atoms with Gasteiger partial charge in [-0.05, 0) is 104 Å². The molecule has 4 aliphatic heterocycles. The molecule has 1 unspecified atom stereocenters. The Hall–Kier alpha value is -5.93. The summed E-state index contributed by atoms with van der Waals surface area (Å²) in [6.07, 6.45) is 6.71. The number of nitrogens with one attached hydrogen (secondary N) is 2. The highest BCUT2D eigenvalue weighted by Crippen LogP contribution is 2.41. The van der Waals surface area contributed by atoms with Crippen LogP contribution in [0, 0.1) is 17.7 Å². The Kier molecular flexibility index (Phi) is 12.4. The first-order valence-electron chi connectivity index (χ1n) is 22.3. The molecule has 0 spiro atoms. The summed E-state index contributed by atoms with van der Waals surface area (Å²) in [5, 5.41) is 6.61. The van der Waals surface area contributed by atoms with E-state index in [0.717, 1.165) is 52.7 Å². The molecular weight excluding hydrogens is 841 g/mol. The van der Waals surface area contributed by atoms with Crippen molar-refractivity contribution >= 4 is 69.3 Å². The summed E-state index contributed by atoms with van der Waals surface area (Å²) in [6.45, 7) is 5.87. The number of likely N-dealkylation sites (tertiary alicyclic amines) is 1. The van der Waals surface area contributed by atoms with Gasteiger partial charge in [0.1, 0.15) is 23.7 Å². The van der Waals surface area contributed by atoms with Crippen molar-refractivity contribution in [1.29, 1.82) is 0 Å². The van der Waals surface area contributed by atoms with Gasteiger partial charge in [0, 0.05) is 93.5 Å². The maximum Gasteiger partial charge on any atom is 0.262 e. The van der Waals surface area contributed by atoms with Gasteiger partial charge in [0.15, 0.2) is 0 Å². The van der Waals surface area contributed by atoms with E-state index >= 15 is 0 Å². The Balaban J connectivity index is 0.714. The van der Waals surface area contributed by atoms with Crippen LogP contribution in [0.1, 0.15) is 90.5 Å². The fourth-order valence-electron chi connectivity index (χ4n) is 10.1. The van der Waals surface area contributed by atoms with Crippen molar-refractivity contribution in [3.05, 3.63) is 94.4 Å². The third-order valence-corrected chi connectivity index (χ3v) is 14.2. The number of anilines is 2. The molecule has 4 aromatic rings. The highest BCUT2D eigenvalue weighted by Gasteiger charge is 2.45. The second-order valence-electron chi connectivity index (χ2n) is 17.7. The Morgan fingerprint density at radius 3 is 2.36 bits per heavy atom. The van der Waals surface area contributed by atoms with Gasteiger partial charge in [-0.2, -0.15) is 0 Å². The number of carbonyl (C=O) groups excluding carboxylic acids is 6. The third-order valence-electron chi connectivity index (χ3n) is 13.9. The number of piperidine rings is 2. The molecule has 16 heteroatoms. The van der Waals surface area contributed by atoms with E-state index in [0.29, 0.717) is 74.5 Å². The number of amides is 6. The molecule has 6 amide bonds. The minimum absolute atomic E-state index is 0.0497. The molecular formula is C48H51ClFN7O7. The molecule has 2 N–H and O–H groups in total. The van der Waals surface area contributed by atoms with Crippen LogP contribution in [0.4, 0.5) is 15.8 Å². The number of pyridine rings is 1. The first-order chi connectivity index (χ1) is 30.9. The SMILES string of the molecule is C[C@@H](C(=O)Nc1ccc(Cl)c(OC2CCN(C(=O)CN3CCN(c4ccc5c(c4)C(=O)N(C4CCC(=O)NC4=O)C5=O)CC3)CC2)c1)C1CCC(c2ccnc3ccc(F)cc23)CC1. The topological polar surface area (TPSA) is 162 Å². The summed E-state index contributed by atoms with van der Waals surface area (Å²) < 4.78 is 20.4. The number of hydrogen-bond donors (Lipinski definition) is 2. The molecule has 14 nitrogen and oxygen atoms in total. The van der Waals surface area contributed by atoms with Crippen LogP contribution in [0.15, 0.2) is 66.9 Å². The Bertz CT molecular complexity index is 2520. The van der Waals surface area contributed by atoms with Gasteiger partial charge in [-0.25, -0.2) is 4.39 Å². The molecule has 1 aromatic heterocycles. The fraction of sp³-hybridized carbons (Fsp3) is 0.438. The van der Waals surface area contributed by atoms with Gasteiger partial charge in [-0.1, -0.05) is 18.5 Å². The predicted octanol–water partition coefficient (Wildman–Crippen LogP) is 6.17.